The van der Waals surface area contributed by atoms with E-state index < -0.39 is 6.04 Å². The molecule has 3 heteroatoms. The molecule has 1 atom stereocenters. The second-order valence-corrected chi connectivity index (χ2v) is 3.88. The molecule has 0 saturated heterocycles. The van der Waals surface area contributed by atoms with Crippen LogP contribution in [0.25, 0.3) is 0 Å². The maximum absolute atomic E-state index is 11.1. The first kappa shape index (κ1) is 12.7. The number of carbonyl (C=O) groups excluding carboxylic acids is 1. The normalized spacial score (nSPS) is 12.2. The van der Waals surface area contributed by atoms with Crippen LogP contribution in [0, 0.1) is 0 Å². The van der Waals surface area contributed by atoms with E-state index in [0.29, 0.717) is 6.61 Å². The van der Waals surface area contributed by atoms with E-state index in [1.807, 2.05) is 0 Å². The summed E-state index contributed by atoms with van der Waals surface area (Å²) in [7, 11) is 0. The predicted octanol–water partition coefficient (Wildman–Crippen LogP) is 1.68. The van der Waals surface area contributed by atoms with Crippen LogP contribution in [-0.2, 0) is 22.4 Å². The standard InChI is InChI=1S/C13H19NO2/c1-3-11-4-6-12(7-5-11)8-9-16-13(15)10(2)14/h4-7,10H,3,8-9,14H2,1-2H3. The molecular formula is C13H19NO2. The fourth-order valence-electron chi connectivity index (χ4n) is 1.34. The molecule has 1 aromatic rings. The lowest BCUT2D eigenvalue weighted by molar-refractivity contribution is -0.144. The number of esters is 1. The van der Waals surface area contributed by atoms with Gasteiger partial charge in [-0.3, -0.25) is 4.79 Å². The summed E-state index contributed by atoms with van der Waals surface area (Å²) in [4.78, 5) is 11.1. The summed E-state index contributed by atoms with van der Waals surface area (Å²) in [6.07, 6.45) is 1.78. The van der Waals surface area contributed by atoms with Crippen molar-refractivity contribution in [1.82, 2.24) is 0 Å². The fourth-order valence-corrected chi connectivity index (χ4v) is 1.34. The van der Waals surface area contributed by atoms with Crippen molar-refractivity contribution in [2.24, 2.45) is 5.73 Å². The predicted molar refractivity (Wildman–Crippen MR) is 64.1 cm³/mol. The van der Waals surface area contributed by atoms with E-state index in [1.54, 1.807) is 6.92 Å². The van der Waals surface area contributed by atoms with Crippen LogP contribution in [0.4, 0.5) is 0 Å². The smallest absolute Gasteiger partial charge is 0.322 e. The number of carbonyl (C=O) groups is 1. The maximum atomic E-state index is 11.1. The van der Waals surface area contributed by atoms with E-state index in [0.717, 1.165) is 12.8 Å². The quantitative estimate of drug-likeness (QED) is 0.770. The lowest BCUT2D eigenvalue weighted by atomic mass is 10.1. The highest BCUT2D eigenvalue weighted by molar-refractivity contribution is 5.74. The van der Waals surface area contributed by atoms with Crippen molar-refractivity contribution in [3.8, 4) is 0 Å². The van der Waals surface area contributed by atoms with Gasteiger partial charge in [0.1, 0.15) is 6.04 Å². The Hall–Kier alpha value is -1.35. The molecule has 0 aromatic heterocycles. The summed E-state index contributed by atoms with van der Waals surface area (Å²) in [6, 6.07) is 7.80. The topological polar surface area (TPSA) is 52.3 Å². The van der Waals surface area contributed by atoms with Crippen LogP contribution in [0.5, 0.6) is 0 Å². The van der Waals surface area contributed by atoms with Gasteiger partial charge >= 0.3 is 5.97 Å². The molecule has 0 amide bonds. The van der Waals surface area contributed by atoms with Crippen LogP contribution < -0.4 is 5.73 Å². The first-order valence-electron chi connectivity index (χ1n) is 5.63. The first-order chi connectivity index (χ1) is 7.63. The van der Waals surface area contributed by atoms with Crippen LogP contribution in [0.15, 0.2) is 24.3 Å². The number of nitrogens with two attached hydrogens (primary N) is 1. The van der Waals surface area contributed by atoms with Gasteiger partial charge in [0, 0.05) is 6.42 Å². The average molecular weight is 221 g/mol. The Balaban J connectivity index is 2.34. The molecule has 1 rings (SSSR count). The monoisotopic (exact) mass is 221 g/mol. The Morgan fingerprint density at radius 1 is 1.31 bits per heavy atom. The third-order valence-corrected chi connectivity index (χ3v) is 2.44. The Morgan fingerprint density at radius 3 is 2.38 bits per heavy atom. The van der Waals surface area contributed by atoms with Gasteiger partial charge in [0.25, 0.3) is 0 Å². The number of rotatable bonds is 5. The van der Waals surface area contributed by atoms with Crippen molar-refractivity contribution in [1.29, 1.82) is 0 Å². The van der Waals surface area contributed by atoms with Crippen molar-refractivity contribution in [3.05, 3.63) is 35.4 Å². The van der Waals surface area contributed by atoms with Crippen LogP contribution in [0.2, 0.25) is 0 Å². The number of hydrogen-bond donors (Lipinski definition) is 1. The third-order valence-electron chi connectivity index (χ3n) is 2.44. The Labute approximate surface area is 96.6 Å². The Kier molecular flexibility index (Phi) is 4.99. The third kappa shape index (κ3) is 4.03. The molecule has 0 bridgehead atoms. The number of aryl methyl sites for hydroxylation is 1. The van der Waals surface area contributed by atoms with Gasteiger partial charge in [0.2, 0.25) is 0 Å². The van der Waals surface area contributed by atoms with Gasteiger partial charge in [-0.25, -0.2) is 0 Å². The van der Waals surface area contributed by atoms with Crippen molar-refractivity contribution < 1.29 is 9.53 Å². The summed E-state index contributed by atoms with van der Waals surface area (Å²) in [5.41, 5.74) is 7.87. The highest BCUT2D eigenvalue weighted by Crippen LogP contribution is 2.05. The first-order valence-corrected chi connectivity index (χ1v) is 5.63. The van der Waals surface area contributed by atoms with Crippen LogP contribution in [0.3, 0.4) is 0 Å². The van der Waals surface area contributed by atoms with Crippen molar-refractivity contribution in [2.75, 3.05) is 6.61 Å². The zero-order valence-electron chi connectivity index (χ0n) is 9.90. The van der Waals surface area contributed by atoms with Gasteiger partial charge in [-0.15, -0.1) is 0 Å². The molecule has 0 aliphatic rings. The van der Waals surface area contributed by atoms with Crippen molar-refractivity contribution in [3.63, 3.8) is 0 Å². The van der Waals surface area contributed by atoms with E-state index in [9.17, 15) is 4.79 Å². The number of ether oxygens (including phenoxy) is 1. The maximum Gasteiger partial charge on any atom is 0.322 e. The second-order valence-electron chi connectivity index (χ2n) is 3.88. The molecule has 1 aromatic carbocycles. The van der Waals surface area contributed by atoms with Crippen molar-refractivity contribution in [2.45, 2.75) is 32.7 Å². The van der Waals surface area contributed by atoms with E-state index >= 15 is 0 Å². The minimum atomic E-state index is -0.539. The van der Waals surface area contributed by atoms with E-state index in [4.69, 9.17) is 10.5 Å². The largest absolute Gasteiger partial charge is 0.464 e. The molecule has 88 valence electrons. The zero-order chi connectivity index (χ0) is 12.0. The molecule has 3 nitrogen and oxygen atoms in total. The molecule has 16 heavy (non-hydrogen) atoms. The van der Waals surface area contributed by atoms with Crippen LogP contribution >= 0.6 is 0 Å². The van der Waals surface area contributed by atoms with Gasteiger partial charge in [0.05, 0.1) is 6.61 Å². The number of hydrogen-bond acceptors (Lipinski definition) is 3. The molecule has 0 radical (unpaired) electrons. The highest BCUT2D eigenvalue weighted by atomic mass is 16.5. The molecule has 0 aliphatic carbocycles. The molecule has 0 heterocycles. The summed E-state index contributed by atoms with van der Waals surface area (Å²) < 4.78 is 5.00. The van der Waals surface area contributed by atoms with E-state index in [1.165, 1.54) is 11.1 Å². The fraction of sp³-hybridized carbons (Fsp3) is 0.462. The van der Waals surface area contributed by atoms with Crippen molar-refractivity contribution >= 4 is 5.97 Å². The van der Waals surface area contributed by atoms with Crippen LogP contribution in [0.1, 0.15) is 25.0 Å². The van der Waals surface area contributed by atoms with Gasteiger partial charge in [-0.1, -0.05) is 31.2 Å². The summed E-state index contributed by atoms with van der Waals surface area (Å²) in [6.45, 7) is 4.14. The van der Waals surface area contributed by atoms with Gasteiger partial charge in [-0.05, 0) is 24.5 Å². The zero-order valence-corrected chi connectivity index (χ0v) is 9.90. The molecular weight excluding hydrogens is 202 g/mol. The summed E-state index contributed by atoms with van der Waals surface area (Å²) >= 11 is 0. The van der Waals surface area contributed by atoms with Crippen LogP contribution in [-0.4, -0.2) is 18.6 Å². The lowest BCUT2D eigenvalue weighted by Crippen LogP contribution is -2.29. The van der Waals surface area contributed by atoms with Gasteiger partial charge in [-0.2, -0.15) is 0 Å². The molecule has 1 unspecified atom stereocenters. The van der Waals surface area contributed by atoms with Gasteiger partial charge in [0.15, 0.2) is 0 Å². The molecule has 0 saturated carbocycles. The minimum Gasteiger partial charge on any atom is -0.464 e. The Bertz CT molecular complexity index is 330. The molecule has 0 fully saturated rings. The SMILES string of the molecule is CCc1ccc(CCOC(=O)C(C)N)cc1. The van der Waals surface area contributed by atoms with Gasteiger partial charge < -0.3 is 10.5 Å². The highest BCUT2D eigenvalue weighted by Gasteiger charge is 2.07. The lowest BCUT2D eigenvalue weighted by Gasteiger charge is -2.07. The number of benzene rings is 1. The van der Waals surface area contributed by atoms with E-state index in [-0.39, 0.29) is 5.97 Å². The average Bonchev–Trinajstić information content (AvgIpc) is 2.29. The summed E-state index contributed by atoms with van der Waals surface area (Å²) in [5, 5.41) is 0. The molecule has 2 N–H and O–H groups in total. The molecule has 0 aliphatic heterocycles. The second kappa shape index (κ2) is 6.28. The molecule has 0 spiro atoms. The summed E-state index contributed by atoms with van der Waals surface area (Å²) in [5.74, 6) is -0.342. The Morgan fingerprint density at radius 2 is 1.88 bits per heavy atom. The van der Waals surface area contributed by atoms with E-state index in [2.05, 4.69) is 31.2 Å². The minimum absolute atomic E-state index is 0.342.